The molecule has 1 heterocycles. The van der Waals surface area contributed by atoms with Gasteiger partial charge in [0.2, 0.25) is 0 Å². The van der Waals surface area contributed by atoms with E-state index in [-0.39, 0.29) is 5.56 Å². The van der Waals surface area contributed by atoms with Gasteiger partial charge in [-0.15, -0.1) is 11.3 Å². The van der Waals surface area contributed by atoms with Crippen LogP contribution in [0.4, 0.5) is 10.7 Å². The molecule has 8 heteroatoms. The number of nitriles is 1. The molecule has 0 saturated heterocycles. The van der Waals surface area contributed by atoms with Crippen molar-refractivity contribution in [2.75, 3.05) is 0 Å². The lowest BCUT2D eigenvalue weighted by atomic mass is 9.96. The van der Waals surface area contributed by atoms with Crippen LogP contribution in [0.5, 0.6) is 5.75 Å². The van der Waals surface area contributed by atoms with Crippen LogP contribution in [0.2, 0.25) is 0 Å². The van der Waals surface area contributed by atoms with Crippen LogP contribution in [0, 0.1) is 21.4 Å². The molecule has 2 aromatic rings. The summed E-state index contributed by atoms with van der Waals surface area (Å²) in [6.45, 7) is 0. The van der Waals surface area contributed by atoms with Gasteiger partial charge in [-0.1, -0.05) is 15.9 Å². The molecule has 1 aromatic heterocycles. The average molecular weight is 405 g/mol. The number of thiophene rings is 1. The first-order valence-electron chi connectivity index (χ1n) is 7.25. The Labute approximate surface area is 150 Å². The van der Waals surface area contributed by atoms with E-state index in [1.165, 1.54) is 34.6 Å². The molecule has 1 aromatic carbocycles. The third kappa shape index (κ3) is 3.05. The van der Waals surface area contributed by atoms with Crippen molar-refractivity contribution in [2.45, 2.75) is 25.7 Å². The molecule has 0 N–H and O–H groups in total. The van der Waals surface area contributed by atoms with Gasteiger partial charge in [-0.05, 0) is 48.6 Å². The Kier molecular flexibility index (Phi) is 4.64. The second-order valence-corrected chi connectivity index (χ2v) is 7.36. The number of aryl methyl sites for hydroxylation is 1. The maximum absolute atomic E-state index is 12.1. The summed E-state index contributed by atoms with van der Waals surface area (Å²) in [6.07, 6.45) is 5.28. The lowest BCUT2D eigenvalue weighted by molar-refractivity contribution is -0.398. The highest BCUT2D eigenvalue weighted by atomic mass is 79.9. The van der Waals surface area contributed by atoms with Gasteiger partial charge in [0.1, 0.15) is 11.1 Å². The Balaban J connectivity index is 2.02. The van der Waals surface area contributed by atoms with Crippen molar-refractivity contribution in [1.29, 1.82) is 5.26 Å². The van der Waals surface area contributed by atoms with Crippen molar-refractivity contribution in [2.24, 2.45) is 4.99 Å². The largest absolute Gasteiger partial charge is 0.867 e. The second kappa shape index (κ2) is 6.71. The minimum absolute atomic E-state index is 0.117. The number of rotatable bonds is 3. The zero-order valence-corrected chi connectivity index (χ0v) is 14.8. The number of halogens is 1. The normalized spacial score (nSPS) is 13.7. The van der Waals surface area contributed by atoms with Crippen LogP contribution in [-0.2, 0) is 12.8 Å². The van der Waals surface area contributed by atoms with Crippen LogP contribution in [0.1, 0.15) is 34.4 Å². The van der Waals surface area contributed by atoms with Gasteiger partial charge in [-0.25, -0.2) is 4.99 Å². The number of benzene rings is 1. The fourth-order valence-electron chi connectivity index (χ4n) is 2.72. The molecular weight excluding hydrogens is 394 g/mol. The van der Waals surface area contributed by atoms with E-state index >= 15 is 0 Å². The van der Waals surface area contributed by atoms with Gasteiger partial charge in [0.15, 0.2) is 0 Å². The summed E-state index contributed by atoms with van der Waals surface area (Å²) in [5.41, 5.74) is 1.23. The van der Waals surface area contributed by atoms with Crippen molar-refractivity contribution in [3.05, 3.63) is 48.3 Å². The van der Waals surface area contributed by atoms with Crippen LogP contribution in [0.15, 0.2) is 21.6 Å². The van der Waals surface area contributed by atoms with Crippen molar-refractivity contribution < 1.29 is 10.0 Å². The van der Waals surface area contributed by atoms with E-state index < -0.39 is 16.4 Å². The predicted molar refractivity (Wildman–Crippen MR) is 93.2 cm³/mol. The molecule has 0 fully saturated rings. The monoisotopic (exact) mass is 404 g/mol. The number of hydrogen-bond donors (Lipinski definition) is 0. The standard InChI is InChI=1S/C16H12BrN3O3S/c17-10-5-9(15(21)13(6-10)20(22)23)8-19-16-12(7-18)11-3-1-2-4-14(11)24-16/h5-6,8,21H,1-4H2/p-1. The molecule has 0 bridgehead atoms. The van der Waals surface area contributed by atoms with Gasteiger partial charge >= 0.3 is 0 Å². The van der Waals surface area contributed by atoms with Gasteiger partial charge in [0.25, 0.3) is 5.69 Å². The van der Waals surface area contributed by atoms with Crippen LogP contribution in [0.3, 0.4) is 0 Å². The zero-order valence-electron chi connectivity index (χ0n) is 12.4. The SMILES string of the molecule is N#Cc1c(N=Cc2cc(Br)cc([N+](=O)[O-])c2[O-])sc2c1CCCC2. The summed E-state index contributed by atoms with van der Waals surface area (Å²) in [5, 5.41) is 33.0. The molecule has 24 heavy (non-hydrogen) atoms. The molecule has 0 unspecified atom stereocenters. The Bertz CT molecular complexity index is 899. The highest BCUT2D eigenvalue weighted by Gasteiger charge is 2.20. The number of nitro benzene ring substituents is 1. The maximum Gasteiger partial charge on any atom is 0.263 e. The molecule has 0 amide bonds. The van der Waals surface area contributed by atoms with Crippen LogP contribution in [-0.4, -0.2) is 11.1 Å². The smallest absolute Gasteiger partial charge is 0.263 e. The highest BCUT2D eigenvalue weighted by Crippen LogP contribution is 2.39. The van der Waals surface area contributed by atoms with E-state index in [1.807, 2.05) is 0 Å². The first kappa shape index (κ1) is 16.6. The van der Waals surface area contributed by atoms with Crippen molar-refractivity contribution in [1.82, 2.24) is 0 Å². The third-order valence-electron chi connectivity index (χ3n) is 3.84. The average Bonchev–Trinajstić information content (AvgIpc) is 2.92. The number of aliphatic imine (C=N–C) groups is 1. The van der Waals surface area contributed by atoms with Gasteiger partial charge < -0.3 is 5.11 Å². The molecule has 6 nitrogen and oxygen atoms in total. The number of fused-ring (bicyclic) bond motifs is 1. The van der Waals surface area contributed by atoms with Crippen LogP contribution < -0.4 is 5.11 Å². The molecule has 0 radical (unpaired) electrons. The number of nitro groups is 1. The Morgan fingerprint density at radius 2 is 2.12 bits per heavy atom. The Hall–Kier alpha value is -2.24. The molecule has 122 valence electrons. The first-order chi connectivity index (χ1) is 11.5. The molecule has 0 saturated carbocycles. The van der Waals surface area contributed by atoms with Crippen LogP contribution in [0.25, 0.3) is 0 Å². The van der Waals surface area contributed by atoms with Crippen LogP contribution >= 0.6 is 27.3 Å². The topological polar surface area (TPSA) is 102 Å². The molecule has 0 spiro atoms. The summed E-state index contributed by atoms with van der Waals surface area (Å²) < 4.78 is 0.432. The summed E-state index contributed by atoms with van der Waals surface area (Å²) in [5.74, 6) is -0.688. The summed E-state index contributed by atoms with van der Waals surface area (Å²) >= 11 is 4.62. The molecule has 0 aliphatic heterocycles. The second-order valence-electron chi connectivity index (χ2n) is 5.36. The predicted octanol–water partition coefficient (Wildman–Crippen LogP) is 3.99. The highest BCUT2D eigenvalue weighted by molar-refractivity contribution is 9.10. The Morgan fingerprint density at radius 3 is 2.83 bits per heavy atom. The first-order valence-corrected chi connectivity index (χ1v) is 8.86. The molecular formula is C16H11BrN3O3S-. The van der Waals surface area contributed by atoms with E-state index in [1.54, 1.807) is 0 Å². The minimum Gasteiger partial charge on any atom is -0.867 e. The van der Waals surface area contributed by atoms with E-state index in [4.69, 9.17) is 0 Å². The number of nitrogens with zero attached hydrogens (tertiary/aromatic N) is 3. The third-order valence-corrected chi connectivity index (χ3v) is 5.50. The summed E-state index contributed by atoms with van der Waals surface area (Å²) in [4.78, 5) is 15.7. The van der Waals surface area contributed by atoms with Crippen molar-refractivity contribution in [3.8, 4) is 11.8 Å². The summed E-state index contributed by atoms with van der Waals surface area (Å²) in [7, 11) is 0. The Morgan fingerprint density at radius 1 is 1.38 bits per heavy atom. The minimum atomic E-state index is -0.713. The van der Waals surface area contributed by atoms with Gasteiger partial charge in [0.05, 0.1) is 10.5 Å². The van der Waals surface area contributed by atoms with Crippen molar-refractivity contribution >= 4 is 44.2 Å². The molecule has 3 rings (SSSR count). The van der Waals surface area contributed by atoms with Gasteiger partial charge in [-0.2, -0.15) is 5.26 Å². The van der Waals surface area contributed by atoms with E-state index in [0.29, 0.717) is 15.0 Å². The van der Waals surface area contributed by atoms with Gasteiger partial charge in [0, 0.05) is 21.6 Å². The summed E-state index contributed by atoms with van der Waals surface area (Å²) in [6, 6.07) is 4.85. The van der Waals surface area contributed by atoms with E-state index in [0.717, 1.165) is 31.2 Å². The molecule has 1 aliphatic carbocycles. The van der Waals surface area contributed by atoms with Crippen molar-refractivity contribution in [3.63, 3.8) is 0 Å². The van der Waals surface area contributed by atoms with E-state index in [9.17, 15) is 20.5 Å². The fraction of sp³-hybridized carbons (Fsp3) is 0.250. The fourth-order valence-corrected chi connectivity index (χ4v) is 4.36. The quantitative estimate of drug-likeness (QED) is 0.438. The molecule has 1 aliphatic rings. The molecule has 0 atom stereocenters. The van der Waals surface area contributed by atoms with E-state index in [2.05, 4.69) is 27.0 Å². The number of hydrogen-bond acceptors (Lipinski definition) is 6. The zero-order chi connectivity index (χ0) is 17.3. The lowest BCUT2D eigenvalue weighted by Crippen LogP contribution is -2.02. The maximum atomic E-state index is 12.1. The van der Waals surface area contributed by atoms with Gasteiger partial charge in [-0.3, -0.25) is 10.1 Å². The lowest BCUT2D eigenvalue weighted by Gasteiger charge is -2.10.